The number of aromatic nitrogens is 3. The Morgan fingerprint density at radius 2 is 1.91 bits per heavy atom. The number of hydroxylamine groups is 2. The van der Waals surface area contributed by atoms with E-state index in [1.165, 1.54) is 25.3 Å². The highest BCUT2D eigenvalue weighted by Crippen LogP contribution is 2.42. The van der Waals surface area contributed by atoms with E-state index in [4.69, 9.17) is 15.1 Å². The van der Waals surface area contributed by atoms with Crippen molar-refractivity contribution < 1.29 is 9.63 Å². The summed E-state index contributed by atoms with van der Waals surface area (Å²) in [5.41, 5.74) is 3.58. The summed E-state index contributed by atoms with van der Waals surface area (Å²) in [6, 6.07) is 13.8. The van der Waals surface area contributed by atoms with Crippen LogP contribution in [-0.4, -0.2) is 52.2 Å². The summed E-state index contributed by atoms with van der Waals surface area (Å²) >= 11 is 0. The van der Waals surface area contributed by atoms with Crippen molar-refractivity contribution in [2.75, 3.05) is 36.4 Å². The van der Waals surface area contributed by atoms with Crippen LogP contribution in [0, 0.1) is 11.3 Å². The molecular formula is C25H25N7O2. The van der Waals surface area contributed by atoms with Gasteiger partial charge < -0.3 is 15.1 Å². The quantitative estimate of drug-likeness (QED) is 0.596. The van der Waals surface area contributed by atoms with Gasteiger partial charge in [0.1, 0.15) is 17.5 Å². The fourth-order valence-corrected chi connectivity index (χ4v) is 4.03. The maximum absolute atomic E-state index is 11.1. The van der Waals surface area contributed by atoms with Gasteiger partial charge in [-0.25, -0.2) is 15.0 Å². The van der Waals surface area contributed by atoms with E-state index in [2.05, 4.69) is 38.4 Å². The van der Waals surface area contributed by atoms with Gasteiger partial charge in [0, 0.05) is 38.0 Å². The Bertz CT molecular complexity index is 1230. The summed E-state index contributed by atoms with van der Waals surface area (Å²) in [6.07, 6.45) is 5.83. The van der Waals surface area contributed by atoms with E-state index >= 15 is 0 Å². The molecule has 0 unspecified atom stereocenters. The molecule has 1 saturated carbocycles. The number of nitrogens with zero attached hydrogens (tertiary/aromatic N) is 6. The van der Waals surface area contributed by atoms with E-state index in [0.29, 0.717) is 36.2 Å². The number of nitrogens with one attached hydrogen (secondary N) is 1. The average molecular weight is 456 g/mol. The molecule has 5 rings (SSSR count). The molecule has 2 aliphatic rings. The van der Waals surface area contributed by atoms with Gasteiger partial charge in [-0.05, 0) is 60.7 Å². The Morgan fingerprint density at radius 3 is 2.59 bits per heavy atom. The molecule has 172 valence electrons. The average Bonchev–Trinajstić information content (AvgIpc) is 3.70. The lowest BCUT2D eigenvalue weighted by Gasteiger charge is -2.33. The molecule has 1 saturated heterocycles. The Balaban J connectivity index is 1.34. The summed E-state index contributed by atoms with van der Waals surface area (Å²) in [5, 5.41) is 14.1. The van der Waals surface area contributed by atoms with Gasteiger partial charge in [-0.2, -0.15) is 5.26 Å². The highest BCUT2D eigenvalue weighted by atomic mass is 16.7. The van der Waals surface area contributed by atoms with Crippen molar-refractivity contribution in [3.63, 3.8) is 0 Å². The summed E-state index contributed by atoms with van der Waals surface area (Å²) in [6.45, 7) is 4.17. The number of nitriles is 1. The molecule has 1 aliphatic carbocycles. The Labute approximate surface area is 198 Å². The van der Waals surface area contributed by atoms with Crippen molar-refractivity contribution in [2.45, 2.75) is 25.7 Å². The molecule has 4 heterocycles. The summed E-state index contributed by atoms with van der Waals surface area (Å²) in [7, 11) is 0. The van der Waals surface area contributed by atoms with Gasteiger partial charge in [0.15, 0.2) is 0 Å². The number of rotatable bonds is 6. The number of hydrogen-bond donors (Lipinski definition) is 1. The predicted octanol–water partition coefficient (Wildman–Crippen LogP) is 3.63. The van der Waals surface area contributed by atoms with Gasteiger partial charge >= 0.3 is 5.97 Å². The maximum Gasteiger partial charge on any atom is 0.322 e. The van der Waals surface area contributed by atoms with Crippen LogP contribution in [0.2, 0.25) is 0 Å². The minimum Gasteiger partial charge on any atom is -0.368 e. The number of anilines is 3. The first-order valence-electron chi connectivity index (χ1n) is 11.4. The Kier molecular flexibility index (Phi) is 6.06. The molecular weight excluding hydrogens is 430 g/mol. The molecule has 3 aromatic heterocycles. The van der Waals surface area contributed by atoms with Crippen LogP contribution >= 0.6 is 0 Å². The van der Waals surface area contributed by atoms with E-state index in [0.717, 1.165) is 30.2 Å². The number of carbonyl (C=O) groups excluding carboxylic acids is 1. The van der Waals surface area contributed by atoms with Crippen LogP contribution in [0.15, 0.2) is 48.8 Å². The first kappa shape index (κ1) is 21.8. The van der Waals surface area contributed by atoms with Crippen LogP contribution in [0.25, 0.3) is 11.3 Å². The largest absolute Gasteiger partial charge is 0.368 e. The first-order valence-corrected chi connectivity index (χ1v) is 11.4. The molecule has 0 radical (unpaired) electrons. The maximum atomic E-state index is 11.1. The highest BCUT2D eigenvalue weighted by molar-refractivity contribution is 5.66. The van der Waals surface area contributed by atoms with Gasteiger partial charge in [0.05, 0.1) is 30.4 Å². The second-order valence-electron chi connectivity index (χ2n) is 8.52. The number of pyridine rings is 3. The lowest BCUT2D eigenvalue weighted by Crippen LogP contribution is -2.47. The van der Waals surface area contributed by atoms with Crippen LogP contribution in [0.4, 0.5) is 17.5 Å². The Morgan fingerprint density at radius 1 is 1.09 bits per heavy atom. The molecule has 0 amide bonds. The lowest BCUT2D eigenvalue weighted by atomic mass is 10.1. The summed E-state index contributed by atoms with van der Waals surface area (Å²) in [5.74, 6) is 2.45. The zero-order valence-corrected chi connectivity index (χ0v) is 18.9. The van der Waals surface area contributed by atoms with E-state index in [9.17, 15) is 4.79 Å². The Hall–Kier alpha value is -4.03. The van der Waals surface area contributed by atoms with Crippen LogP contribution in [-0.2, 0) is 9.63 Å². The normalized spacial score (nSPS) is 16.1. The summed E-state index contributed by atoms with van der Waals surface area (Å²) in [4.78, 5) is 32.3. The third kappa shape index (κ3) is 5.13. The molecule has 0 aromatic carbocycles. The number of piperazine rings is 1. The van der Waals surface area contributed by atoms with Crippen molar-refractivity contribution in [1.82, 2.24) is 20.0 Å². The van der Waals surface area contributed by atoms with Gasteiger partial charge in [-0.15, -0.1) is 5.06 Å². The van der Waals surface area contributed by atoms with Crippen molar-refractivity contribution in [1.29, 1.82) is 5.26 Å². The van der Waals surface area contributed by atoms with Crippen LogP contribution in [0.3, 0.4) is 0 Å². The van der Waals surface area contributed by atoms with Crippen molar-refractivity contribution >= 4 is 23.4 Å². The van der Waals surface area contributed by atoms with Crippen molar-refractivity contribution in [3.8, 4) is 17.3 Å². The highest BCUT2D eigenvalue weighted by Gasteiger charge is 2.25. The van der Waals surface area contributed by atoms with Gasteiger partial charge in [-0.1, -0.05) is 0 Å². The first-order chi connectivity index (χ1) is 16.6. The third-order valence-electron chi connectivity index (χ3n) is 5.91. The second-order valence-corrected chi connectivity index (χ2v) is 8.52. The third-order valence-corrected chi connectivity index (χ3v) is 5.91. The smallest absolute Gasteiger partial charge is 0.322 e. The molecule has 0 bridgehead atoms. The molecule has 0 spiro atoms. The SMILES string of the molecule is CC(=O)ON1CCN(c2ccc(-c3cc(C4CC4)cc(Nc4cc(C#N)ccn4)n3)cn2)CC1. The van der Waals surface area contributed by atoms with Crippen LogP contribution in [0.5, 0.6) is 0 Å². The van der Waals surface area contributed by atoms with Crippen molar-refractivity contribution in [2.24, 2.45) is 0 Å². The molecule has 2 fully saturated rings. The van der Waals surface area contributed by atoms with Gasteiger partial charge in [0.25, 0.3) is 0 Å². The zero-order valence-electron chi connectivity index (χ0n) is 18.9. The minimum atomic E-state index is -0.292. The molecule has 9 nitrogen and oxygen atoms in total. The number of hydrogen-bond acceptors (Lipinski definition) is 9. The second kappa shape index (κ2) is 9.45. The van der Waals surface area contributed by atoms with E-state index in [-0.39, 0.29) is 5.97 Å². The summed E-state index contributed by atoms with van der Waals surface area (Å²) < 4.78 is 0. The fraction of sp³-hybridized carbons (Fsp3) is 0.320. The monoisotopic (exact) mass is 455 g/mol. The standard InChI is InChI=1S/C25H25N7O2/c1-17(33)34-32-10-8-31(9-11-32)25-5-4-20(16-28-25)22-13-21(19-2-3-19)14-24(29-22)30-23-12-18(15-26)6-7-27-23/h4-7,12-14,16,19H,2-3,8-11H2,1H3,(H,27,29,30). The van der Waals surface area contributed by atoms with E-state index < -0.39 is 0 Å². The molecule has 1 N–H and O–H groups in total. The number of carbonyl (C=O) groups is 1. The van der Waals surface area contributed by atoms with Crippen LogP contribution in [0.1, 0.15) is 36.8 Å². The molecule has 1 aliphatic heterocycles. The molecule has 34 heavy (non-hydrogen) atoms. The molecule has 3 aromatic rings. The topological polar surface area (TPSA) is 107 Å². The lowest BCUT2D eigenvalue weighted by molar-refractivity contribution is -0.188. The zero-order chi connectivity index (χ0) is 23.5. The van der Waals surface area contributed by atoms with Gasteiger partial charge in [0.2, 0.25) is 0 Å². The van der Waals surface area contributed by atoms with Gasteiger partial charge in [-0.3, -0.25) is 4.79 Å². The molecule has 0 atom stereocenters. The van der Waals surface area contributed by atoms with E-state index in [1.54, 1.807) is 23.4 Å². The van der Waals surface area contributed by atoms with Crippen molar-refractivity contribution in [3.05, 3.63) is 59.9 Å². The predicted molar refractivity (Wildman–Crippen MR) is 127 cm³/mol. The fourth-order valence-electron chi connectivity index (χ4n) is 4.03. The molecule has 9 heteroatoms. The minimum absolute atomic E-state index is 0.292. The van der Waals surface area contributed by atoms with E-state index in [1.807, 2.05) is 18.3 Å². The van der Waals surface area contributed by atoms with Crippen LogP contribution < -0.4 is 10.2 Å².